The number of halogens is 3. The van der Waals surface area contributed by atoms with Crippen LogP contribution in [0.15, 0.2) is 57.8 Å². The molecular weight excluding hydrogens is 423 g/mol. The highest BCUT2D eigenvalue weighted by Gasteiger charge is 2.30. The van der Waals surface area contributed by atoms with E-state index >= 15 is 0 Å². The molecule has 0 bridgehead atoms. The molecular formula is C19H16F3N3O4S. The van der Waals surface area contributed by atoms with Gasteiger partial charge in [-0.25, -0.2) is 8.42 Å². The predicted octanol–water partition coefficient (Wildman–Crippen LogP) is 4.19. The fourth-order valence-electron chi connectivity index (χ4n) is 2.45. The third-order valence-corrected chi connectivity index (χ3v) is 6.30. The summed E-state index contributed by atoms with van der Waals surface area (Å²) < 4.78 is 67.8. The second kappa shape index (κ2) is 7.90. The number of aromatic nitrogens is 2. The van der Waals surface area contributed by atoms with Gasteiger partial charge in [-0.15, -0.1) is 5.10 Å². The Labute approximate surface area is 169 Å². The van der Waals surface area contributed by atoms with Crippen LogP contribution in [0.2, 0.25) is 0 Å². The Bertz CT molecular complexity index is 1170. The summed E-state index contributed by atoms with van der Waals surface area (Å²) in [4.78, 5) is 12.3. The van der Waals surface area contributed by atoms with Gasteiger partial charge in [0.2, 0.25) is 5.89 Å². The summed E-state index contributed by atoms with van der Waals surface area (Å²) in [5.41, 5.74) is -0.581. The molecule has 1 N–H and O–H groups in total. The zero-order valence-electron chi connectivity index (χ0n) is 15.8. The molecule has 1 heterocycles. The number of hydrogen-bond acceptors (Lipinski definition) is 6. The Morgan fingerprint density at radius 3 is 2.33 bits per heavy atom. The molecule has 0 aliphatic rings. The molecule has 0 saturated carbocycles. The monoisotopic (exact) mass is 439 g/mol. The van der Waals surface area contributed by atoms with E-state index in [0.717, 1.165) is 24.3 Å². The van der Waals surface area contributed by atoms with Crippen molar-refractivity contribution in [2.45, 2.75) is 30.2 Å². The van der Waals surface area contributed by atoms with Crippen LogP contribution in [-0.2, 0) is 16.0 Å². The lowest BCUT2D eigenvalue weighted by molar-refractivity contribution is -0.137. The smallest absolute Gasteiger partial charge is 0.403 e. The molecule has 0 fully saturated rings. The molecule has 3 rings (SSSR count). The highest BCUT2D eigenvalue weighted by Crippen LogP contribution is 2.29. The van der Waals surface area contributed by atoms with Gasteiger partial charge in [0.25, 0.3) is 5.91 Å². The largest absolute Gasteiger partial charge is 0.416 e. The van der Waals surface area contributed by atoms with Crippen molar-refractivity contribution < 1.29 is 30.8 Å². The average molecular weight is 439 g/mol. The van der Waals surface area contributed by atoms with Gasteiger partial charge >= 0.3 is 12.2 Å². The highest BCUT2D eigenvalue weighted by molar-refractivity contribution is 7.92. The van der Waals surface area contributed by atoms with E-state index in [-0.39, 0.29) is 22.4 Å². The van der Waals surface area contributed by atoms with E-state index in [1.807, 2.05) is 0 Å². The number of sulfone groups is 1. The lowest BCUT2D eigenvalue weighted by Gasteiger charge is -2.08. The third kappa shape index (κ3) is 4.51. The molecule has 0 atom stereocenters. The number of carbonyl (C=O) groups excluding carboxylic acids is 1. The summed E-state index contributed by atoms with van der Waals surface area (Å²) in [5, 5.41) is 9.11. The Hall–Kier alpha value is -3.21. The maximum Gasteiger partial charge on any atom is 0.416 e. The van der Waals surface area contributed by atoms with Crippen LogP contribution in [0.1, 0.15) is 29.8 Å². The van der Waals surface area contributed by atoms with Crippen molar-refractivity contribution in [1.82, 2.24) is 10.2 Å². The Morgan fingerprint density at radius 1 is 1.07 bits per heavy atom. The first-order valence-corrected chi connectivity index (χ1v) is 10.2. The van der Waals surface area contributed by atoms with E-state index in [9.17, 15) is 26.4 Å². The van der Waals surface area contributed by atoms with Crippen molar-refractivity contribution in [1.29, 1.82) is 0 Å². The van der Waals surface area contributed by atoms with Crippen molar-refractivity contribution in [2.24, 2.45) is 0 Å². The van der Waals surface area contributed by atoms with Crippen LogP contribution in [-0.4, -0.2) is 29.8 Å². The molecule has 0 saturated heterocycles. The second-order valence-corrected chi connectivity index (χ2v) is 9.07. The van der Waals surface area contributed by atoms with Crippen LogP contribution in [0.5, 0.6) is 0 Å². The van der Waals surface area contributed by atoms with Gasteiger partial charge in [0.05, 0.1) is 15.7 Å². The van der Waals surface area contributed by atoms with Crippen molar-refractivity contribution in [3.63, 3.8) is 0 Å². The molecule has 0 spiro atoms. The summed E-state index contributed by atoms with van der Waals surface area (Å²) in [6, 6.07) is 9.25. The fourth-order valence-corrected chi connectivity index (χ4v) is 3.55. The summed E-state index contributed by atoms with van der Waals surface area (Å²) in [5.74, 6) is -0.770. The Balaban J connectivity index is 1.78. The summed E-state index contributed by atoms with van der Waals surface area (Å²) in [6.07, 6.45) is -4.51. The number of benzene rings is 2. The van der Waals surface area contributed by atoms with Crippen LogP contribution >= 0.6 is 0 Å². The van der Waals surface area contributed by atoms with Gasteiger partial charge in [-0.3, -0.25) is 10.1 Å². The van der Waals surface area contributed by atoms with Crippen LogP contribution in [0.4, 0.5) is 19.2 Å². The molecule has 30 heavy (non-hydrogen) atoms. The molecule has 1 aromatic heterocycles. The van der Waals surface area contributed by atoms with Gasteiger partial charge in [-0.2, -0.15) is 13.2 Å². The number of hydrogen-bond donors (Lipinski definition) is 1. The maximum atomic E-state index is 12.6. The topological polar surface area (TPSA) is 102 Å². The SMILES string of the molecule is CC(C)S(=O)(=O)c1cccc(-c2nnc(NC(=O)c3ccc(C(F)(F)F)cc3)o2)c1. The lowest BCUT2D eigenvalue weighted by Crippen LogP contribution is -2.13. The normalized spacial score (nSPS) is 12.2. The van der Waals surface area contributed by atoms with E-state index in [1.165, 1.54) is 18.2 Å². The molecule has 158 valence electrons. The molecule has 0 aliphatic heterocycles. The maximum absolute atomic E-state index is 12.6. The van der Waals surface area contributed by atoms with E-state index in [4.69, 9.17) is 4.42 Å². The quantitative estimate of drug-likeness (QED) is 0.640. The van der Waals surface area contributed by atoms with E-state index in [2.05, 4.69) is 15.5 Å². The van der Waals surface area contributed by atoms with Gasteiger partial charge in [0.15, 0.2) is 9.84 Å². The van der Waals surface area contributed by atoms with Crippen molar-refractivity contribution in [3.05, 3.63) is 59.7 Å². The first-order chi connectivity index (χ1) is 14.0. The molecule has 0 radical (unpaired) electrons. The average Bonchev–Trinajstić information content (AvgIpc) is 3.16. The number of nitrogens with zero attached hydrogens (tertiary/aromatic N) is 2. The van der Waals surface area contributed by atoms with Crippen LogP contribution in [0, 0.1) is 0 Å². The highest BCUT2D eigenvalue weighted by atomic mass is 32.2. The van der Waals surface area contributed by atoms with E-state index in [1.54, 1.807) is 19.9 Å². The van der Waals surface area contributed by atoms with Gasteiger partial charge < -0.3 is 4.42 Å². The molecule has 2 aromatic carbocycles. The minimum absolute atomic E-state index is 0.0291. The zero-order chi connectivity index (χ0) is 22.1. The van der Waals surface area contributed by atoms with Crippen molar-refractivity contribution in [3.8, 4) is 11.5 Å². The number of alkyl halides is 3. The van der Waals surface area contributed by atoms with Gasteiger partial charge in [-0.05, 0) is 56.3 Å². The predicted molar refractivity (Wildman–Crippen MR) is 101 cm³/mol. The van der Waals surface area contributed by atoms with E-state index < -0.39 is 32.7 Å². The van der Waals surface area contributed by atoms with Crippen molar-refractivity contribution >= 4 is 21.8 Å². The Kier molecular flexibility index (Phi) is 5.66. The van der Waals surface area contributed by atoms with Crippen LogP contribution in [0.3, 0.4) is 0 Å². The number of rotatable bonds is 5. The molecule has 0 unspecified atom stereocenters. The van der Waals surface area contributed by atoms with Gasteiger partial charge in [0.1, 0.15) is 0 Å². The molecule has 11 heteroatoms. The van der Waals surface area contributed by atoms with Crippen molar-refractivity contribution in [2.75, 3.05) is 5.32 Å². The number of nitrogens with one attached hydrogen (secondary N) is 1. The lowest BCUT2D eigenvalue weighted by atomic mass is 10.1. The van der Waals surface area contributed by atoms with Crippen LogP contribution in [0.25, 0.3) is 11.5 Å². The first kappa shape index (κ1) is 21.5. The van der Waals surface area contributed by atoms with Gasteiger partial charge in [0, 0.05) is 11.1 Å². The number of carbonyl (C=O) groups is 1. The van der Waals surface area contributed by atoms with Crippen LogP contribution < -0.4 is 5.32 Å². The van der Waals surface area contributed by atoms with E-state index in [0.29, 0.717) is 5.56 Å². The van der Waals surface area contributed by atoms with Gasteiger partial charge in [-0.1, -0.05) is 11.2 Å². The summed E-state index contributed by atoms with van der Waals surface area (Å²) in [7, 11) is -3.51. The fraction of sp³-hybridized carbons (Fsp3) is 0.211. The summed E-state index contributed by atoms with van der Waals surface area (Å²) >= 11 is 0. The third-order valence-electron chi connectivity index (χ3n) is 4.15. The second-order valence-electron chi connectivity index (χ2n) is 6.56. The minimum Gasteiger partial charge on any atom is -0.403 e. The first-order valence-electron chi connectivity index (χ1n) is 8.65. The summed E-state index contributed by atoms with van der Waals surface area (Å²) in [6.45, 7) is 3.12. The molecule has 3 aromatic rings. The molecule has 1 amide bonds. The minimum atomic E-state index is -4.51. The number of anilines is 1. The molecule has 7 nitrogen and oxygen atoms in total. The number of amides is 1. The molecule has 0 aliphatic carbocycles. The zero-order valence-corrected chi connectivity index (χ0v) is 16.6. The standard InChI is InChI=1S/C19H16F3N3O4S/c1-11(2)30(27,28)15-5-3-4-13(10-15)17-24-25-18(29-17)23-16(26)12-6-8-14(9-7-12)19(20,21)22/h3-11H,1-2H3,(H,23,25,26). The Morgan fingerprint density at radius 2 is 1.73 bits per heavy atom.